The van der Waals surface area contributed by atoms with Crippen molar-refractivity contribution in [2.24, 2.45) is 23.7 Å². The maximum absolute atomic E-state index is 12.5. The van der Waals surface area contributed by atoms with E-state index in [1.165, 1.54) is 4.90 Å². The Morgan fingerprint density at radius 1 is 0.947 bits per heavy atom. The number of anilines is 1. The minimum absolute atomic E-state index is 0.0471. The number of rotatable bonds is 1. The number of nitrogens with zero attached hydrogens (tertiary/aromatic N) is 1. The van der Waals surface area contributed by atoms with Crippen LogP contribution < -0.4 is 4.90 Å². The first-order chi connectivity index (χ1) is 9.16. The Morgan fingerprint density at radius 2 is 1.47 bits per heavy atom. The zero-order valence-electron chi connectivity index (χ0n) is 10.1. The van der Waals surface area contributed by atoms with Gasteiger partial charge in [0.2, 0.25) is 11.8 Å². The first kappa shape index (κ1) is 11.2. The number of amides is 2. The third kappa shape index (κ3) is 1.39. The molecule has 4 atom stereocenters. The molecule has 4 rings (SSSR count). The summed E-state index contributed by atoms with van der Waals surface area (Å²) in [5.41, 5.74) is 0.633. The molecule has 4 heteroatoms. The van der Waals surface area contributed by atoms with Crippen LogP contribution in [0.15, 0.2) is 36.4 Å². The minimum atomic E-state index is -0.141. The molecule has 2 aliphatic carbocycles. The van der Waals surface area contributed by atoms with Crippen molar-refractivity contribution in [3.05, 3.63) is 41.4 Å². The molecule has 3 aliphatic rings. The number of fused-ring (bicyclic) bond motifs is 5. The van der Waals surface area contributed by atoms with Crippen LogP contribution in [0.1, 0.15) is 6.42 Å². The van der Waals surface area contributed by atoms with Gasteiger partial charge in [0.05, 0.1) is 17.5 Å². The number of benzene rings is 1. The largest absolute Gasteiger partial charge is 0.274 e. The summed E-state index contributed by atoms with van der Waals surface area (Å²) in [6.45, 7) is 0. The molecule has 1 aliphatic heterocycles. The molecule has 1 aromatic carbocycles. The highest BCUT2D eigenvalue weighted by atomic mass is 35.5. The van der Waals surface area contributed by atoms with Gasteiger partial charge in [-0.3, -0.25) is 14.5 Å². The number of halogens is 1. The van der Waals surface area contributed by atoms with Gasteiger partial charge in [0.15, 0.2) is 0 Å². The van der Waals surface area contributed by atoms with E-state index in [1.807, 2.05) is 0 Å². The van der Waals surface area contributed by atoms with Gasteiger partial charge in [-0.25, -0.2) is 0 Å². The van der Waals surface area contributed by atoms with E-state index in [4.69, 9.17) is 11.6 Å². The van der Waals surface area contributed by atoms with Gasteiger partial charge in [0.1, 0.15) is 0 Å². The van der Waals surface area contributed by atoms with Crippen LogP contribution in [0.4, 0.5) is 5.69 Å². The van der Waals surface area contributed by atoms with Gasteiger partial charge in [0.25, 0.3) is 0 Å². The van der Waals surface area contributed by atoms with Gasteiger partial charge in [0, 0.05) is 5.02 Å². The van der Waals surface area contributed by atoms with E-state index in [0.29, 0.717) is 10.7 Å². The van der Waals surface area contributed by atoms with E-state index in [9.17, 15) is 9.59 Å². The highest BCUT2D eigenvalue weighted by molar-refractivity contribution is 6.30. The summed E-state index contributed by atoms with van der Waals surface area (Å²) in [6, 6.07) is 6.87. The molecule has 1 heterocycles. The molecule has 2 amide bonds. The van der Waals surface area contributed by atoms with E-state index in [-0.39, 0.29) is 35.5 Å². The fourth-order valence-corrected chi connectivity index (χ4v) is 3.87. The van der Waals surface area contributed by atoms with Crippen LogP contribution >= 0.6 is 11.6 Å². The highest BCUT2D eigenvalue weighted by Gasteiger charge is 2.59. The number of allylic oxidation sites excluding steroid dienone is 2. The highest BCUT2D eigenvalue weighted by Crippen LogP contribution is 2.53. The van der Waals surface area contributed by atoms with Gasteiger partial charge in [-0.1, -0.05) is 23.8 Å². The lowest BCUT2D eigenvalue weighted by Gasteiger charge is -2.17. The molecular formula is C15H12ClNO2. The molecule has 0 N–H and O–H groups in total. The van der Waals surface area contributed by atoms with Crippen LogP contribution in [0, 0.1) is 23.7 Å². The second-order valence-electron chi connectivity index (χ2n) is 5.49. The van der Waals surface area contributed by atoms with Crippen molar-refractivity contribution in [1.29, 1.82) is 0 Å². The number of carbonyl (C=O) groups is 2. The Balaban J connectivity index is 1.74. The Labute approximate surface area is 115 Å². The molecule has 0 spiro atoms. The number of carbonyl (C=O) groups excluding carboxylic acids is 2. The summed E-state index contributed by atoms with van der Waals surface area (Å²) < 4.78 is 0. The van der Waals surface area contributed by atoms with Gasteiger partial charge >= 0.3 is 0 Å². The van der Waals surface area contributed by atoms with E-state index >= 15 is 0 Å². The van der Waals surface area contributed by atoms with E-state index in [1.54, 1.807) is 24.3 Å². The van der Waals surface area contributed by atoms with Crippen molar-refractivity contribution in [2.45, 2.75) is 6.42 Å². The van der Waals surface area contributed by atoms with Gasteiger partial charge in [-0.05, 0) is 42.5 Å². The topological polar surface area (TPSA) is 37.4 Å². The third-order valence-electron chi connectivity index (χ3n) is 4.56. The van der Waals surface area contributed by atoms with Crippen LogP contribution in [-0.2, 0) is 9.59 Å². The Kier molecular flexibility index (Phi) is 2.19. The molecule has 2 bridgehead atoms. The van der Waals surface area contributed by atoms with E-state index in [2.05, 4.69) is 12.2 Å². The lowest BCUT2D eigenvalue weighted by molar-refractivity contribution is -0.123. The molecule has 3 nitrogen and oxygen atoms in total. The molecule has 1 aromatic rings. The average molecular weight is 274 g/mol. The summed E-state index contributed by atoms with van der Waals surface area (Å²) in [5, 5.41) is 0.602. The smallest absolute Gasteiger partial charge is 0.238 e. The lowest BCUT2D eigenvalue weighted by atomic mass is 9.85. The standard InChI is InChI=1S/C15H12ClNO2/c16-10-3-5-11(6-4-10)17-14(18)12-8-1-2-9(7-8)13(12)15(17)19/h1-6,8-9,12-13H,7H2/t8-,9-,12-,13-/m1/s1. The third-order valence-corrected chi connectivity index (χ3v) is 4.81. The van der Waals surface area contributed by atoms with Crippen molar-refractivity contribution in [3.63, 3.8) is 0 Å². The summed E-state index contributed by atoms with van der Waals surface area (Å²) >= 11 is 5.84. The van der Waals surface area contributed by atoms with Crippen molar-refractivity contribution in [1.82, 2.24) is 0 Å². The predicted molar refractivity (Wildman–Crippen MR) is 71.7 cm³/mol. The van der Waals surface area contributed by atoms with Crippen LogP contribution in [-0.4, -0.2) is 11.8 Å². The molecule has 96 valence electrons. The molecular weight excluding hydrogens is 262 g/mol. The van der Waals surface area contributed by atoms with Gasteiger partial charge in [-0.15, -0.1) is 0 Å². The quantitative estimate of drug-likeness (QED) is 0.583. The summed E-state index contributed by atoms with van der Waals surface area (Å²) in [6.07, 6.45) is 5.16. The fraction of sp³-hybridized carbons (Fsp3) is 0.333. The molecule has 0 unspecified atom stereocenters. The second kappa shape index (κ2) is 3.70. The molecule has 19 heavy (non-hydrogen) atoms. The van der Waals surface area contributed by atoms with E-state index in [0.717, 1.165) is 6.42 Å². The van der Waals surface area contributed by atoms with Gasteiger partial charge < -0.3 is 0 Å². The number of hydrogen-bond acceptors (Lipinski definition) is 2. The Hall–Kier alpha value is -1.61. The Bertz CT molecular complexity index is 577. The summed E-state index contributed by atoms with van der Waals surface area (Å²) in [7, 11) is 0. The maximum Gasteiger partial charge on any atom is 0.238 e. The number of imide groups is 1. The molecule has 0 radical (unpaired) electrons. The normalized spacial score (nSPS) is 35.3. The fourth-order valence-electron chi connectivity index (χ4n) is 3.75. The predicted octanol–water partition coefficient (Wildman–Crippen LogP) is 2.65. The molecule has 0 aromatic heterocycles. The van der Waals surface area contributed by atoms with Crippen LogP contribution in [0.2, 0.25) is 5.02 Å². The van der Waals surface area contributed by atoms with Crippen LogP contribution in [0.25, 0.3) is 0 Å². The van der Waals surface area contributed by atoms with Crippen molar-refractivity contribution >= 4 is 29.1 Å². The van der Waals surface area contributed by atoms with E-state index < -0.39 is 0 Å². The average Bonchev–Trinajstić information content (AvgIpc) is 3.06. The Morgan fingerprint density at radius 3 is 2.00 bits per heavy atom. The summed E-state index contributed by atoms with van der Waals surface area (Å²) in [4.78, 5) is 26.4. The molecule has 2 fully saturated rings. The van der Waals surface area contributed by atoms with Crippen molar-refractivity contribution < 1.29 is 9.59 Å². The second-order valence-corrected chi connectivity index (χ2v) is 5.92. The monoisotopic (exact) mass is 273 g/mol. The summed E-state index contributed by atoms with van der Waals surface area (Å²) in [5.74, 6) is 0.132. The van der Waals surface area contributed by atoms with Crippen LogP contribution in [0.5, 0.6) is 0 Å². The first-order valence-electron chi connectivity index (χ1n) is 6.48. The molecule has 1 saturated heterocycles. The van der Waals surface area contributed by atoms with Gasteiger partial charge in [-0.2, -0.15) is 0 Å². The maximum atomic E-state index is 12.5. The SMILES string of the molecule is O=C1[C@H]2[C@H](C(=O)N1c1ccc(Cl)cc1)[C@@H]1C=C[C@@H]2C1. The minimum Gasteiger partial charge on any atom is -0.274 e. The lowest BCUT2D eigenvalue weighted by Crippen LogP contribution is -2.32. The molecule has 1 saturated carbocycles. The zero-order chi connectivity index (χ0) is 13.1. The first-order valence-corrected chi connectivity index (χ1v) is 6.86. The van der Waals surface area contributed by atoms with Crippen molar-refractivity contribution in [2.75, 3.05) is 4.90 Å². The zero-order valence-corrected chi connectivity index (χ0v) is 10.9. The number of hydrogen-bond donors (Lipinski definition) is 0. The van der Waals surface area contributed by atoms with Crippen molar-refractivity contribution in [3.8, 4) is 0 Å². The van der Waals surface area contributed by atoms with Crippen LogP contribution in [0.3, 0.4) is 0 Å².